The van der Waals surface area contributed by atoms with Crippen molar-refractivity contribution in [1.82, 2.24) is 14.3 Å². The van der Waals surface area contributed by atoms with E-state index in [0.29, 0.717) is 17.8 Å². The van der Waals surface area contributed by atoms with Gasteiger partial charge in [0.15, 0.2) is 0 Å². The van der Waals surface area contributed by atoms with Gasteiger partial charge in [0.05, 0.1) is 12.1 Å². The Morgan fingerprint density at radius 2 is 2.14 bits per heavy atom. The van der Waals surface area contributed by atoms with E-state index in [1.165, 1.54) is 0 Å². The minimum absolute atomic E-state index is 0.0452. The van der Waals surface area contributed by atoms with Crippen LogP contribution in [0.3, 0.4) is 0 Å². The maximum absolute atomic E-state index is 12.5. The molecule has 112 valence electrons. The highest BCUT2D eigenvalue weighted by molar-refractivity contribution is 5.95. The standard InChI is InChI=1S/C15H19N3O3/c1-3-6-17(8-5-14(19)20)15(21)12-4-7-18-10-11(2)16-13(18)9-12/h4,7,9-10H,3,5-6,8H2,1-2H3,(H,19,20). The molecule has 0 radical (unpaired) electrons. The molecule has 0 spiro atoms. The van der Waals surface area contributed by atoms with Gasteiger partial charge in [0.1, 0.15) is 5.65 Å². The molecule has 0 aliphatic rings. The summed E-state index contributed by atoms with van der Waals surface area (Å²) in [5.74, 6) is -1.05. The number of imidazole rings is 1. The van der Waals surface area contributed by atoms with Gasteiger partial charge in [-0.25, -0.2) is 4.98 Å². The first-order valence-corrected chi connectivity index (χ1v) is 6.97. The van der Waals surface area contributed by atoms with Crippen molar-refractivity contribution >= 4 is 17.5 Å². The van der Waals surface area contributed by atoms with E-state index in [2.05, 4.69) is 4.98 Å². The Hall–Kier alpha value is -2.37. The van der Waals surface area contributed by atoms with Gasteiger partial charge in [-0.1, -0.05) is 6.92 Å². The number of carbonyl (C=O) groups is 2. The summed E-state index contributed by atoms with van der Waals surface area (Å²) in [6, 6.07) is 3.47. The molecule has 1 amide bonds. The van der Waals surface area contributed by atoms with Crippen molar-refractivity contribution in [3.8, 4) is 0 Å². The zero-order valence-electron chi connectivity index (χ0n) is 12.2. The van der Waals surface area contributed by atoms with Crippen molar-refractivity contribution in [2.45, 2.75) is 26.7 Å². The third-order valence-corrected chi connectivity index (χ3v) is 3.20. The molecule has 0 saturated carbocycles. The van der Waals surface area contributed by atoms with Gasteiger partial charge in [0.2, 0.25) is 0 Å². The second-order valence-corrected chi connectivity index (χ2v) is 5.00. The molecule has 2 aromatic rings. The van der Waals surface area contributed by atoms with Crippen LogP contribution in [-0.2, 0) is 4.79 Å². The number of amides is 1. The fourth-order valence-electron chi connectivity index (χ4n) is 2.24. The molecule has 21 heavy (non-hydrogen) atoms. The molecule has 0 bridgehead atoms. The fraction of sp³-hybridized carbons (Fsp3) is 0.400. The number of hydrogen-bond donors (Lipinski definition) is 1. The van der Waals surface area contributed by atoms with Crippen LogP contribution in [0, 0.1) is 6.92 Å². The van der Waals surface area contributed by atoms with E-state index in [9.17, 15) is 9.59 Å². The Bertz CT molecular complexity index is 663. The highest BCUT2D eigenvalue weighted by Crippen LogP contribution is 2.11. The number of carboxylic acids is 1. The molecule has 2 heterocycles. The van der Waals surface area contributed by atoms with Crippen molar-refractivity contribution < 1.29 is 14.7 Å². The Morgan fingerprint density at radius 1 is 1.38 bits per heavy atom. The minimum atomic E-state index is -0.900. The van der Waals surface area contributed by atoms with Gasteiger partial charge in [-0.15, -0.1) is 0 Å². The lowest BCUT2D eigenvalue weighted by Gasteiger charge is -2.21. The van der Waals surface area contributed by atoms with E-state index in [1.54, 1.807) is 23.2 Å². The normalized spacial score (nSPS) is 10.8. The number of fused-ring (bicyclic) bond motifs is 1. The lowest BCUT2D eigenvalue weighted by Crippen LogP contribution is -2.33. The molecule has 0 saturated heterocycles. The molecule has 0 atom stereocenters. The van der Waals surface area contributed by atoms with Gasteiger partial charge in [0.25, 0.3) is 5.91 Å². The molecule has 0 aliphatic heterocycles. The number of pyridine rings is 1. The summed E-state index contributed by atoms with van der Waals surface area (Å²) >= 11 is 0. The van der Waals surface area contributed by atoms with Crippen LogP contribution in [0.15, 0.2) is 24.5 Å². The number of hydrogen-bond acceptors (Lipinski definition) is 3. The smallest absolute Gasteiger partial charge is 0.305 e. The molecule has 6 nitrogen and oxygen atoms in total. The van der Waals surface area contributed by atoms with Crippen molar-refractivity contribution in [2.75, 3.05) is 13.1 Å². The largest absolute Gasteiger partial charge is 0.481 e. The quantitative estimate of drug-likeness (QED) is 0.882. The Kier molecular flexibility index (Phi) is 4.57. The maximum Gasteiger partial charge on any atom is 0.305 e. The van der Waals surface area contributed by atoms with Crippen LogP contribution >= 0.6 is 0 Å². The van der Waals surface area contributed by atoms with Crippen LogP contribution in [0.1, 0.15) is 35.8 Å². The Labute approximate surface area is 123 Å². The fourth-order valence-corrected chi connectivity index (χ4v) is 2.24. The van der Waals surface area contributed by atoms with E-state index in [0.717, 1.165) is 12.1 Å². The lowest BCUT2D eigenvalue weighted by molar-refractivity contribution is -0.137. The van der Waals surface area contributed by atoms with Crippen molar-refractivity contribution in [3.05, 3.63) is 35.8 Å². The number of aromatic nitrogens is 2. The van der Waals surface area contributed by atoms with Gasteiger partial charge in [-0.05, 0) is 25.5 Å². The monoisotopic (exact) mass is 289 g/mol. The van der Waals surface area contributed by atoms with Crippen molar-refractivity contribution in [3.63, 3.8) is 0 Å². The average molecular weight is 289 g/mol. The zero-order valence-corrected chi connectivity index (χ0v) is 12.2. The topological polar surface area (TPSA) is 74.9 Å². The second-order valence-electron chi connectivity index (χ2n) is 5.00. The second kappa shape index (κ2) is 6.39. The molecule has 6 heteroatoms. The van der Waals surface area contributed by atoms with Crippen LogP contribution in [-0.4, -0.2) is 44.4 Å². The van der Waals surface area contributed by atoms with Gasteiger partial charge in [-0.2, -0.15) is 0 Å². The van der Waals surface area contributed by atoms with Gasteiger partial charge < -0.3 is 14.4 Å². The summed E-state index contributed by atoms with van der Waals surface area (Å²) in [5, 5.41) is 8.78. The first-order chi connectivity index (χ1) is 10.0. The predicted molar refractivity (Wildman–Crippen MR) is 78.4 cm³/mol. The summed E-state index contributed by atoms with van der Waals surface area (Å²) in [6.45, 7) is 4.62. The molecule has 2 aromatic heterocycles. The van der Waals surface area contributed by atoms with E-state index >= 15 is 0 Å². The third-order valence-electron chi connectivity index (χ3n) is 3.20. The lowest BCUT2D eigenvalue weighted by atomic mass is 10.2. The van der Waals surface area contributed by atoms with E-state index in [-0.39, 0.29) is 18.9 Å². The first kappa shape index (κ1) is 15.0. The van der Waals surface area contributed by atoms with Gasteiger partial charge in [-0.3, -0.25) is 9.59 Å². The zero-order chi connectivity index (χ0) is 15.4. The first-order valence-electron chi connectivity index (χ1n) is 6.97. The average Bonchev–Trinajstić information content (AvgIpc) is 2.81. The van der Waals surface area contributed by atoms with Crippen LogP contribution in [0.4, 0.5) is 0 Å². The summed E-state index contributed by atoms with van der Waals surface area (Å²) in [5.41, 5.74) is 2.14. The molecular formula is C15H19N3O3. The molecule has 2 rings (SSSR count). The summed E-state index contributed by atoms with van der Waals surface area (Å²) in [7, 11) is 0. The number of rotatable bonds is 6. The number of nitrogens with zero attached hydrogens (tertiary/aromatic N) is 3. The summed E-state index contributed by atoms with van der Waals surface area (Å²) < 4.78 is 1.85. The molecular weight excluding hydrogens is 270 g/mol. The minimum Gasteiger partial charge on any atom is -0.481 e. The van der Waals surface area contributed by atoms with E-state index in [4.69, 9.17) is 5.11 Å². The summed E-state index contributed by atoms with van der Waals surface area (Å²) in [4.78, 5) is 29.1. The Balaban J connectivity index is 2.22. The van der Waals surface area contributed by atoms with Gasteiger partial charge in [0, 0.05) is 31.0 Å². The van der Waals surface area contributed by atoms with Crippen LogP contribution in [0.25, 0.3) is 5.65 Å². The number of carbonyl (C=O) groups excluding carboxylic acids is 1. The Morgan fingerprint density at radius 3 is 2.81 bits per heavy atom. The number of aryl methyl sites for hydroxylation is 1. The molecule has 1 N–H and O–H groups in total. The van der Waals surface area contributed by atoms with Crippen LogP contribution in [0.2, 0.25) is 0 Å². The van der Waals surface area contributed by atoms with Gasteiger partial charge >= 0.3 is 5.97 Å². The van der Waals surface area contributed by atoms with E-state index in [1.807, 2.05) is 24.4 Å². The maximum atomic E-state index is 12.5. The van der Waals surface area contributed by atoms with Crippen LogP contribution in [0.5, 0.6) is 0 Å². The molecule has 0 unspecified atom stereocenters. The van der Waals surface area contributed by atoms with E-state index < -0.39 is 5.97 Å². The number of aliphatic carboxylic acids is 1. The molecule has 0 aliphatic carbocycles. The van der Waals surface area contributed by atoms with Crippen molar-refractivity contribution in [1.29, 1.82) is 0 Å². The van der Waals surface area contributed by atoms with Crippen LogP contribution < -0.4 is 0 Å². The molecule has 0 fully saturated rings. The predicted octanol–water partition coefficient (Wildman–Crippen LogP) is 1.97. The van der Waals surface area contributed by atoms with Crippen molar-refractivity contribution in [2.24, 2.45) is 0 Å². The number of carboxylic acid groups (broad SMARTS) is 1. The SMILES string of the molecule is CCCN(CCC(=O)O)C(=O)c1ccn2cc(C)nc2c1. The highest BCUT2D eigenvalue weighted by Gasteiger charge is 2.16. The summed E-state index contributed by atoms with van der Waals surface area (Å²) in [6.07, 6.45) is 4.42. The highest BCUT2D eigenvalue weighted by atomic mass is 16.4. The molecule has 0 aromatic carbocycles. The third kappa shape index (κ3) is 3.59.